The van der Waals surface area contributed by atoms with Crippen molar-refractivity contribution in [1.29, 1.82) is 0 Å². The van der Waals surface area contributed by atoms with Crippen molar-refractivity contribution in [2.75, 3.05) is 0 Å². The van der Waals surface area contributed by atoms with E-state index < -0.39 is 0 Å². The number of hydrogen-bond donors (Lipinski definition) is 1. The Balaban J connectivity index is 0.000000242. The van der Waals surface area contributed by atoms with Crippen molar-refractivity contribution >= 4 is 49.5 Å². The van der Waals surface area contributed by atoms with Crippen molar-refractivity contribution in [3.8, 4) is 11.3 Å². The van der Waals surface area contributed by atoms with Crippen LogP contribution in [0.5, 0.6) is 0 Å². The fraction of sp³-hybridized carbons (Fsp3) is 0.350. The molecule has 3 aromatic heterocycles. The molecule has 0 spiro atoms. The molecular weight excluding hydrogens is 763 g/mol. The Bertz CT molecular complexity index is 2090. The van der Waals surface area contributed by atoms with E-state index in [9.17, 15) is 9.90 Å². The van der Waals surface area contributed by atoms with E-state index in [0.717, 1.165) is 75.3 Å². The fourth-order valence-corrected chi connectivity index (χ4v) is 5.75. The Morgan fingerprint density at radius 2 is 1.51 bits per heavy atom. The normalized spacial score (nSPS) is 12.3. The molecule has 0 amide bonds. The van der Waals surface area contributed by atoms with Crippen molar-refractivity contribution in [3.05, 3.63) is 90.1 Å². The number of aryl methyl sites for hydroxylation is 2. The van der Waals surface area contributed by atoms with Gasteiger partial charge in [-0.1, -0.05) is 88.4 Å². The summed E-state index contributed by atoms with van der Waals surface area (Å²) < 4.78 is 6.17. The first kappa shape index (κ1) is 35.9. The first-order chi connectivity index (χ1) is 22.0. The molecule has 0 atom stereocenters. The number of benzene rings is 3. The number of aliphatic hydroxyl groups excluding tert-OH is 1. The summed E-state index contributed by atoms with van der Waals surface area (Å²) in [6.45, 7) is 16.1. The van der Waals surface area contributed by atoms with E-state index in [1.54, 1.807) is 6.33 Å². The van der Waals surface area contributed by atoms with Gasteiger partial charge in [0.1, 0.15) is 12.1 Å². The Kier molecular flexibility index (Phi) is 11.0. The molecule has 7 heteroatoms. The number of hydrogen-bond acceptors (Lipinski definition) is 6. The van der Waals surface area contributed by atoms with Crippen molar-refractivity contribution < 1.29 is 34.4 Å². The van der Waals surface area contributed by atoms with Gasteiger partial charge in [-0.25, -0.2) is 9.97 Å². The van der Waals surface area contributed by atoms with E-state index >= 15 is 0 Å². The van der Waals surface area contributed by atoms with Crippen LogP contribution >= 0.6 is 0 Å². The maximum Gasteiger partial charge on any atom is 0.216 e. The average Bonchev–Trinajstić information content (AvgIpc) is 3.44. The summed E-state index contributed by atoms with van der Waals surface area (Å²) >= 11 is 0. The number of carbonyl (C=O) groups is 1. The summed E-state index contributed by atoms with van der Waals surface area (Å²) in [7, 11) is 0. The minimum Gasteiger partial charge on any atom is -0.512 e. The number of ketones is 1. The SMILES string of the molecule is CCC(C)(CC)C(=O)/C=C(\O)C(C)(CC)CC.Cc1ccc2c(ccc3c(-c4[c-]ccc5c4oc4nc(C)ccc45)ncnc32)c1.[Ir]. The third-order valence-corrected chi connectivity index (χ3v) is 10.1. The van der Waals surface area contributed by atoms with Crippen LogP contribution in [0, 0.1) is 30.7 Å². The van der Waals surface area contributed by atoms with Crippen LogP contribution in [0.1, 0.15) is 78.5 Å². The number of pyridine rings is 1. The van der Waals surface area contributed by atoms with Crippen molar-refractivity contribution in [1.82, 2.24) is 15.0 Å². The van der Waals surface area contributed by atoms with Gasteiger partial charge in [0.2, 0.25) is 5.71 Å². The largest absolute Gasteiger partial charge is 0.512 e. The molecule has 6 aromatic rings. The van der Waals surface area contributed by atoms with Crippen LogP contribution in [0.25, 0.3) is 55.0 Å². The van der Waals surface area contributed by atoms with E-state index in [0.29, 0.717) is 5.71 Å². The number of fused-ring (bicyclic) bond motifs is 6. The molecule has 1 radical (unpaired) electrons. The molecular formula is C40H44IrN3O3-. The Hall–Kier alpha value is -3.93. The van der Waals surface area contributed by atoms with Gasteiger partial charge in [-0.3, -0.25) is 9.78 Å². The van der Waals surface area contributed by atoms with Crippen LogP contribution in [0.2, 0.25) is 0 Å². The number of aromatic nitrogens is 3. The summed E-state index contributed by atoms with van der Waals surface area (Å²) in [5, 5.41) is 15.4. The molecule has 0 aliphatic rings. The molecule has 0 saturated carbocycles. The molecule has 0 unspecified atom stereocenters. The van der Waals surface area contributed by atoms with Crippen LogP contribution in [-0.2, 0) is 24.9 Å². The minimum absolute atomic E-state index is 0. The van der Waals surface area contributed by atoms with Gasteiger partial charge in [0, 0.05) is 59.2 Å². The summed E-state index contributed by atoms with van der Waals surface area (Å²) in [6, 6.07) is 22.0. The topological polar surface area (TPSA) is 89.1 Å². The predicted octanol–water partition coefficient (Wildman–Crippen LogP) is 10.8. The molecule has 6 rings (SSSR count). The van der Waals surface area contributed by atoms with Crippen LogP contribution in [0.3, 0.4) is 0 Å². The molecule has 0 saturated heterocycles. The molecule has 47 heavy (non-hydrogen) atoms. The van der Waals surface area contributed by atoms with Crippen molar-refractivity contribution in [2.24, 2.45) is 10.8 Å². The molecule has 0 bridgehead atoms. The zero-order valence-corrected chi connectivity index (χ0v) is 31.0. The third kappa shape index (κ3) is 6.88. The fourth-order valence-electron chi connectivity index (χ4n) is 5.75. The smallest absolute Gasteiger partial charge is 0.216 e. The van der Waals surface area contributed by atoms with Gasteiger partial charge in [0.25, 0.3) is 0 Å². The summed E-state index contributed by atoms with van der Waals surface area (Å²) in [6.07, 6.45) is 6.37. The van der Waals surface area contributed by atoms with Crippen LogP contribution < -0.4 is 0 Å². The number of rotatable bonds is 8. The molecule has 0 fully saturated rings. The minimum atomic E-state index is -0.337. The second-order valence-electron chi connectivity index (χ2n) is 12.8. The number of furan rings is 1. The second kappa shape index (κ2) is 14.5. The van der Waals surface area contributed by atoms with Gasteiger partial charge in [-0.05, 0) is 62.4 Å². The van der Waals surface area contributed by atoms with Gasteiger partial charge < -0.3 is 9.52 Å². The van der Waals surface area contributed by atoms with Crippen molar-refractivity contribution in [2.45, 2.75) is 81.1 Å². The van der Waals surface area contributed by atoms with Gasteiger partial charge >= 0.3 is 0 Å². The molecule has 0 aliphatic heterocycles. The zero-order chi connectivity index (χ0) is 33.2. The van der Waals surface area contributed by atoms with E-state index in [4.69, 9.17) is 4.42 Å². The van der Waals surface area contributed by atoms with Gasteiger partial charge in [0.05, 0.1) is 11.1 Å². The quantitative estimate of drug-likeness (QED) is 0.0713. The first-order valence-corrected chi connectivity index (χ1v) is 16.3. The predicted molar refractivity (Wildman–Crippen MR) is 189 cm³/mol. The van der Waals surface area contributed by atoms with Crippen LogP contribution in [-0.4, -0.2) is 25.8 Å². The van der Waals surface area contributed by atoms with Gasteiger partial charge in [-0.2, -0.15) is 0 Å². The summed E-state index contributed by atoms with van der Waals surface area (Å²) in [5.74, 6) is 0.286. The maximum absolute atomic E-state index is 12.2. The van der Waals surface area contributed by atoms with Crippen LogP contribution in [0.15, 0.2) is 77.2 Å². The summed E-state index contributed by atoms with van der Waals surface area (Å²) in [4.78, 5) is 25.9. The standard InChI is InChI=1S/C25H16N3O.C15H28O2.Ir/c1-14-6-9-17-16(12-14)8-11-20-22(17)26-13-27-23(20)21-5-3-4-18-19-10-7-15(2)28-25(19)29-24(18)21;1-7-14(5,8-2)12(16)11-13(17)15(6,9-3)10-4;/h3-4,6-13H,1-2H3;11,16H,7-10H2,1-6H3;/q-1;;/b;12-11-;. The van der Waals surface area contributed by atoms with Gasteiger partial charge in [-0.15, -0.1) is 18.2 Å². The van der Waals surface area contributed by atoms with E-state index in [1.807, 2.05) is 66.7 Å². The molecule has 3 aromatic carbocycles. The second-order valence-corrected chi connectivity index (χ2v) is 12.8. The number of allylic oxidation sites excluding steroid dienone is 2. The monoisotopic (exact) mass is 807 g/mol. The molecule has 1 N–H and O–H groups in total. The number of carbonyl (C=O) groups excluding carboxylic acids is 1. The van der Waals surface area contributed by atoms with Gasteiger partial charge in [0.15, 0.2) is 5.78 Å². The number of nitrogens with zero attached hydrogens (tertiary/aromatic N) is 3. The molecule has 0 aliphatic carbocycles. The third-order valence-electron chi connectivity index (χ3n) is 10.1. The Labute approximate surface area is 291 Å². The van der Waals surface area contributed by atoms with E-state index in [2.05, 4.69) is 64.3 Å². The number of aliphatic hydroxyl groups is 1. The first-order valence-electron chi connectivity index (χ1n) is 16.3. The van der Waals surface area contributed by atoms with Crippen LogP contribution in [0.4, 0.5) is 0 Å². The van der Waals surface area contributed by atoms with Crippen molar-refractivity contribution in [3.63, 3.8) is 0 Å². The Morgan fingerprint density at radius 3 is 2.19 bits per heavy atom. The average molecular weight is 807 g/mol. The molecule has 247 valence electrons. The Morgan fingerprint density at radius 1 is 0.851 bits per heavy atom. The van der Waals surface area contributed by atoms with E-state index in [1.165, 1.54) is 17.0 Å². The van der Waals surface area contributed by atoms with E-state index in [-0.39, 0.29) is 42.5 Å². The maximum atomic E-state index is 12.2. The zero-order valence-electron chi connectivity index (χ0n) is 28.6. The summed E-state index contributed by atoms with van der Waals surface area (Å²) in [5.41, 5.74) is 5.53. The molecule has 3 heterocycles. The molecule has 6 nitrogen and oxygen atoms in total.